The van der Waals surface area contributed by atoms with E-state index in [1.807, 2.05) is 20.8 Å². The molecule has 0 saturated carbocycles. The summed E-state index contributed by atoms with van der Waals surface area (Å²) >= 11 is 0. The van der Waals surface area contributed by atoms with E-state index < -0.39 is 5.41 Å². The number of guanidine groups is 1. The molecule has 2 rings (SSSR count). The van der Waals surface area contributed by atoms with E-state index in [0.29, 0.717) is 13.1 Å². The smallest absolute Gasteiger partial charge is 0.227 e. The first-order valence-corrected chi connectivity index (χ1v) is 8.41. The van der Waals surface area contributed by atoms with Gasteiger partial charge in [0.2, 0.25) is 5.91 Å². The van der Waals surface area contributed by atoms with Crippen LogP contribution in [-0.2, 0) is 11.2 Å². The normalized spacial score (nSPS) is 14.0. The van der Waals surface area contributed by atoms with Crippen LogP contribution < -0.4 is 15.5 Å². The summed E-state index contributed by atoms with van der Waals surface area (Å²) in [7, 11) is 0. The van der Waals surface area contributed by atoms with Gasteiger partial charge in [-0.15, -0.1) is 24.0 Å². The number of carbonyl (C=O) groups excluding carboxylic acids is 1. The Balaban J connectivity index is 0.00000288. The molecule has 0 aromatic heterocycles. The van der Waals surface area contributed by atoms with Gasteiger partial charge in [0.1, 0.15) is 0 Å². The molecule has 1 aliphatic rings. The van der Waals surface area contributed by atoms with Crippen LogP contribution in [0.3, 0.4) is 0 Å². The predicted molar refractivity (Wildman–Crippen MR) is 111 cm³/mol. The van der Waals surface area contributed by atoms with Crippen molar-refractivity contribution in [2.75, 3.05) is 31.1 Å². The minimum atomic E-state index is -0.518. The summed E-state index contributed by atoms with van der Waals surface area (Å²) in [6.07, 6.45) is 1.03. The molecule has 0 aliphatic carbocycles. The van der Waals surface area contributed by atoms with E-state index >= 15 is 0 Å². The molecule has 0 fully saturated rings. The fourth-order valence-electron chi connectivity index (χ4n) is 2.70. The number of nitrogens with zero attached hydrogens (tertiary/aromatic N) is 2. The zero-order valence-corrected chi connectivity index (χ0v) is 17.4. The van der Waals surface area contributed by atoms with Crippen molar-refractivity contribution in [1.29, 1.82) is 0 Å². The van der Waals surface area contributed by atoms with Gasteiger partial charge in [-0.05, 0) is 45.7 Å². The second-order valence-corrected chi connectivity index (χ2v) is 6.44. The van der Waals surface area contributed by atoms with Gasteiger partial charge in [-0.25, -0.2) is 0 Å². The molecule has 5 nitrogen and oxygen atoms in total. The van der Waals surface area contributed by atoms with Gasteiger partial charge in [-0.2, -0.15) is 0 Å². The Kier molecular flexibility index (Phi) is 7.99. The largest absolute Gasteiger partial charge is 0.356 e. The number of aliphatic imine (C=N–C) groups is 1. The van der Waals surface area contributed by atoms with Crippen LogP contribution >= 0.6 is 24.0 Å². The first kappa shape index (κ1) is 20.7. The molecule has 134 valence electrons. The zero-order valence-electron chi connectivity index (χ0n) is 15.1. The van der Waals surface area contributed by atoms with E-state index in [9.17, 15) is 4.79 Å². The Hall–Kier alpha value is -1.31. The third-order valence-corrected chi connectivity index (χ3v) is 4.05. The molecule has 1 aromatic carbocycles. The van der Waals surface area contributed by atoms with Gasteiger partial charge in [0.05, 0.1) is 12.0 Å². The second-order valence-electron chi connectivity index (χ2n) is 6.44. The fourth-order valence-corrected chi connectivity index (χ4v) is 2.70. The number of benzene rings is 1. The van der Waals surface area contributed by atoms with Crippen LogP contribution in [0.4, 0.5) is 5.69 Å². The van der Waals surface area contributed by atoms with E-state index in [0.717, 1.165) is 25.5 Å². The Morgan fingerprint density at radius 2 is 1.88 bits per heavy atom. The molecular weight excluding hydrogens is 415 g/mol. The third-order valence-electron chi connectivity index (χ3n) is 4.05. The molecule has 24 heavy (non-hydrogen) atoms. The van der Waals surface area contributed by atoms with Crippen molar-refractivity contribution < 1.29 is 4.79 Å². The number of hydrogen-bond donors (Lipinski definition) is 2. The standard InChI is InChI=1S/C18H28N4O.HI/c1-5-19-16(23)18(3,4)13-21-17(20-6-2)22-12-11-14-9-7-8-10-15(14)22;/h7-10H,5-6,11-13H2,1-4H3,(H,19,23)(H,20,21);1H. The van der Waals surface area contributed by atoms with Crippen LogP contribution in [0.15, 0.2) is 29.3 Å². The summed E-state index contributed by atoms with van der Waals surface area (Å²) in [6, 6.07) is 8.42. The topological polar surface area (TPSA) is 56.7 Å². The van der Waals surface area contributed by atoms with Crippen LogP contribution in [0.5, 0.6) is 0 Å². The highest BCUT2D eigenvalue weighted by Gasteiger charge is 2.28. The van der Waals surface area contributed by atoms with E-state index in [2.05, 4.69) is 46.7 Å². The number of hydrogen-bond acceptors (Lipinski definition) is 2. The number of carbonyl (C=O) groups is 1. The molecule has 0 spiro atoms. The minimum absolute atomic E-state index is 0. The lowest BCUT2D eigenvalue weighted by Gasteiger charge is -2.25. The molecule has 0 atom stereocenters. The fraction of sp³-hybridized carbons (Fsp3) is 0.556. The molecule has 0 saturated heterocycles. The molecule has 0 unspecified atom stereocenters. The van der Waals surface area contributed by atoms with Gasteiger partial charge >= 0.3 is 0 Å². The quantitative estimate of drug-likeness (QED) is 0.417. The van der Waals surface area contributed by atoms with Gasteiger partial charge in [0.15, 0.2) is 5.96 Å². The van der Waals surface area contributed by atoms with Crippen molar-refractivity contribution in [2.24, 2.45) is 10.4 Å². The first-order chi connectivity index (χ1) is 11.0. The maximum Gasteiger partial charge on any atom is 0.227 e. The Labute approximate surface area is 162 Å². The van der Waals surface area contributed by atoms with Crippen molar-refractivity contribution in [3.05, 3.63) is 29.8 Å². The Bertz CT molecular complexity index is 586. The number of halogens is 1. The van der Waals surface area contributed by atoms with Gasteiger partial charge in [0, 0.05) is 25.3 Å². The van der Waals surface area contributed by atoms with Crippen LogP contribution in [-0.4, -0.2) is 38.0 Å². The molecule has 1 heterocycles. The lowest BCUT2D eigenvalue weighted by molar-refractivity contribution is -0.128. The van der Waals surface area contributed by atoms with Crippen molar-refractivity contribution in [1.82, 2.24) is 10.6 Å². The lowest BCUT2D eigenvalue weighted by Crippen LogP contribution is -2.43. The molecule has 1 aliphatic heterocycles. The van der Waals surface area contributed by atoms with Crippen LogP contribution in [0.2, 0.25) is 0 Å². The molecule has 2 N–H and O–H groups in total. The number of anilines is 1. The van der Waals surface area contributed by atoms with E-state index in [-0.39, 0.29) is 29.9 Å². The highest BCUT2D eigenvalue weighted by Crippen LogP contribution is 2.27. The molecular formula is C18H29IN4O. The van der Waals surface area contributed by atoms with Gasteiger partial charge in [0.25, 0.3) is 0 Å². The monoisotopic (exact) mass is 444 g/mol. The molecule has 1 amide bonds. The Morgan fingerprint density at radius 3 is 2.54 bits per heavy atom. The summed E-state index contributed by atoms with van der Waals surface area (Å²) in [5.74, 6) is 0.899. The van der Waals surface area contributed by atoms with Crippen LogP contribution in [0.1, 0.15) is 33.3 Å². The highest BCUT2D eigenvalue weighted by molar-refractivity contribution is 14.0. The molecule has 0 bridgehead atoms. The van der Waals surface area contributed by atoms with Gasteiger partial charge in [-0.1, -0.05) is 18.2 Å². The lowest BCUT2D eigenvalue weighted by atomic mass is 9.92. The highest BCUT2D eigenvalue weighted by atomic mass is 127. The van der Waals surface area contributed by atoms with Crippen molar-refractivity contribution in [3.8, 4) is 0 Å². The van der Waals surface area contributed by atoms with E-state index in [4.69, 9.17) is 4.99 Å². The van der Waals surface area contributed by atoms with E-state index in [1.165, 1.54) is 11.3 Å². The average molecular weight is 444 g/mol. The van der Waals surface area contributed by atoms with Crippen molar-refractivity contribution >= 4 is 41.5 Å². The van der Waals surface area contributed by atoms with E-state index in [1.54, 1.807) is 0 Å². The number of rotatable bonds is 5. The average Bonchev–Trinajstić information content (AvgIpc) is 2.95. The van der Waals surface area contributed by atoms with Crippen molar-refractivity contribution in [3.63, 3.8) is 0 Å². The molecule has 1 aromatic rings. The number of fused-ring (bicyclic) bond motifs is 1. The molecule has 0 radical (unpaired) electrons. The maximum atomic E-state index is 12.1. The summed E-state index contributed by atoms with van der Waals surface area (Å²) in [4.78, 5) is 19.1. The first-order valence-electron chi connectivity index (χ1n) is 8.41. The number of nitrogens with one attached hydrogen (secondary N) is 2. The summed E-state index contributed by atoms with van der Waals surface area (Å²) in [5, 5.41) is 6.24. The Morgan fingerprint density at radius 1 is 1.21 bits per heavy atom. The second kappa shape index (κ2) is 9.25. The van der Waals surface area contributed by atoms with Crippen molar-refractivity contribution in [2.45, 2.75) is 34.1 Å². The number of para-hydroxylation sites is 1. The van der Waals surface area contributed by atoms with Gasteiger partial charge in [-0.3, -0.25) is 9.79 Å². The van der Waals surface area contributed by atoms with Crippen LogP contribution in [0, 0.1) is 5.41 Å². The maximum absolute atomic E-state index is 12.1. The minimum Gasteiger partial charge on any atom is -0.356 e. The third kappa shape index (κ3) is 4.84. The summed E-state index contributed by atoms with van der Waals surface area (Å²) in [5.41, 5.74) is 2.04. The SMILES string of the molecule is CCNC(=O)C(C)(C)CN=C(NCC)N1CCc2ccccc21.I. The molecule has 6 heteroatoms. The predicted octanol–water partition coefficient (Wildman–Crippen LogP) is 2.79. The van der Waals surface area contributed by atoms with Crippen LogP contribution in [0.25, 0.3) is 0 Å². The summed E-state index contributed by atoms with van der Waals surface area (Å²) in [6.45, 7) is 10.7. The number of amides is 1. The summed E-state index contributed by atoms with van der Waals surface area (Å²) < 4.78 is 0. The zero-order chi connectivity index (χ0) is 16.9. The van der Waals surface area contributed by atoms with Gasteiger partial charge < -0.3 is 15.5 Å².